The third-order valence-corrected chi connectivity index (χ3v) is 3.93. The van der Waals surface area contributed by atoms with Crippen LogP contribution in [0.25, 0.3) is 0 Å². The van der Waals surface area contributed by atoms with Crippen molar-refractivity contribution >= 4 is 23.3 Å². The molecule has 1 amide bonds. The van der Waals surface area contributed by atoms with Crippen molar-refractivity contribution in [2.75, 3.05) is 38.7 Å². The second-order valence-corrected chi connectivity index (χ2v) is 5.87. The summed E-state index contributed by atoms with van der Waals surface area (Å²) >= 11 is 0. The molecule has 0 aromatic heterocycles. The normalized spacial score (nSPS) is 14.2. The molecule has 24 heavy (non-hydrogen) atoms. The number of hydrogen-bond acceptors (Lipinski definition) is 6. The number of carbonyl (C=O) groups is 2. The highest BCUT2D eigenvalue weighted by Gasteiger charge is 2.21. The number of rotatable bonds is 5. The Balaban J connectivity index is 2.02. The average Bonchev–Trinajstić information content (AvgIpc) is 2.59. The lowest BCUT2D eigenvalue weighted by atomic mass is 10.1. The first kappa shape index (κ1) is 17.7. The fourth-order valence-electron chi connectivity index (χ4n) is 2.62. The summed E-state index contributed by atoms with van der Waals surface area (Å²) in [6.07, 6.45) is 3.02. The van der Waals surface area contributed by atoms with Crippen LogP contribution in [0.3, 0.4) is 0 Å². The summed E-state index contributed by atoms with van der Waals surface area (Å²) in [5.74, 6) is -0.976. The summed E-state index contributed by atoms with van der Waals surface area (Å²) in [4.78, 5) is 37.9. The zero-order chi connectivity index (χ0) is 17.7. The standard InChI is InChI=1S/C16H21N3O5/c1-17(2)13-7-6-12(10-14(13)19(22)23)16(21)24-11-15(20)18-8-4-3-5-9-18/h6-7,10H,3-5,8-9,11H2,1-2H3. The smallest absolute Gasteiger partial charge is 0.338 e. The Morgan fingerprint density at radius 3 is 2.50 bits per heavy atom. The molecule has 0 radical (unpaired) electrons. The van der Waals surface area contributed by atoms with E-state index >= 15 is 0 Å². The van der Waals surface area contributed by atoms with Crippen molar-refractivity contribution in [1.82, 2.24) is 4.90 Å². The second-order valence-electron chi connectivity index (χ2n) is 5.87. The van der Waals surface area contributed by atoms with Crippen LogP contribution in [-0.2, 0) is 9.53 Å². The monoisotopic (exact) mass is 335 g/mol. The van der Waals surface area contributed by atoms with Crippen LogP contribution < -0.4 is 4.90 Å². The number of likely N-dealkylation sites (tertiary alicyclic amines) is 1. The molecular weight excluding hydrogens is 314 g/mol. The van der Waals surface area contributed by atoms with Crippen molar-refractivity contribution in [3.05, 3.63) is 33.9 Å². The highest BCUT2D eigenvalue weighted by molar-refractivity contribution is 5.93. The van der Waals surface area contributed by atoms with Crippen molar-refractivity contribution < 1.29 is 19.2 Å². The second kappa shape index (κ2) is 7.76. The van der Waals surface area contributed by atoms with E-state index in [2.05, 4.69) is 0 Å². The van der Waals surface area contributed by atoms with Crippen LogP contribution in [0.15, 0.2) is 18.2 Å². The molecule has 0 atom stereocenters. The molecule has 130 valence electrons. The van der Waals surface area contributed by atoms with E-state index in [-0.39, 0.29) is 23.8 Å². The Hall–Kier alpha value is -2.64. The summed E-state index contributed by atoms with van der Waals surface area (Å²) in [6.45, 7) is 1.01. The van der Waals surface area contributed by atoms with Gasteiger partial charge in [-0.25, -0.2) is 4.79 Å². The van der Waals surface area contributed by atoms with Gasteiger partial charge in [-0.05, 0) is 31.4 Å². The molecule has 1 aliphatic rings. The van der Waals surface area contributed by atoms with E-state index in [0.29, 0.717) is 18.8 Å². The first-order valence-corrected chi connectivity index (χ1v) is 7.81. The van der Waals surface area contributed by atoms with Gasteiger partial charge in [-0.1, -0.05) is 0 Å². The van der Waals surface area contributed by atoms with Gasteiger partial charge in [0.15, 0.2) is 6.61 Å². The number of carbonyl (C=O) groups excluding carboxylic acids is 2. The first-order valence-electron chi connectivity index (χ1n) is 7.81. The minimum absolute atomic E-state index is 0.0544. The Bertz CT molecular complexity index is 639. The number of anilines is 1. The van der Waals surface area contributed by atoms with Gasteiger partial charge in [0, 0.05) is 33.3 Å². The highest BCUT2D eigenvalue weighted by atomic mass is 16.6. The number of hydrogen-bond donors (Lipinski definition) is 0. The number of esters is 1. The molecule has 1 aromatic carbocycles. The molecule has 1 saturated heterocycles. The number of nitro groups is 1. The lowest BCUT2D eigenvalue weighted by Gasteiger charge is -2.26. The van der Waals surface area contributed by atoms with Gasteiger partial charge in [-0.3, -0.25) is 14.9 Å². The average molecular weight is 335 g/mol. The summed E-state index contributed by atoms with van der Waals surface area (Å²) in [5.41, 5.74) is 0.261. The molecule has 0 unspecified atom stereocenters. The highest BCUT2D eigenvalue weighted by Crippen LogP contribution is 2.27. The zero-order valence-corrected chi connectivity index (χ0v) is 13.9. The van der Waals surface area contributed by atoms with Crippen molar-refractivity contribution in [1.29, 1.82) is 0 Å². The number of benzene rings is 1. The molecule has 0 saturated carbocycles. The minimum atomic E-state index is -0.742. The predicted molar refractivity (Wildman–Crippen MR) is 88.1 cm³/mol. The van der Waals surface area contributed by atoms with Gasteiger partial charge < -0.3 is 14.5 Å². The van der Waals surface area contributed by atoms with Crippen molar-refractivity contribution in [3.63, 3.8) is 0 Å². The fraction of sp³-hybridized carbons (Fsp3) is 0.500. The fourth-order valence-corrected chi connectivity index (χ4v) is 2.62. The van der Waals surface area contributed by atoms with Crippen LogP contribution in [-0.4, -0.2) is 55.5 Å². The van der Waals surface area contributed by atoms with E-state index in [4.69, 9.17) is 4.74 Å². The Morgan fingerprint density at radius 1 is 1.25 bits per heavy atom. The van der Waals surface area contributed by atoms with E-state index < -0.39 is 10.9 Å². The van der Waals surface area contributed by atoms with Gasteiger partial charge in [0.2, 0.25) is 0 Å². The molecule has 1 aromatic rings. The first-order chi connectivity index (χ1) is 11.4. The molecular formula is C16H21N3O5. The summed E-state index contributed by atoms with van der Waals surface area (Å²) in [7, 11) is 3.36. The number of nitro benzene ring substituents is 1. The number of piperidine rings is 1. The molecule has 2 rings (SSSR count). The molecule has 0 spiro atoms. The van der Waals surface area contributed by atoms with Crippen LogP contribution in [0.2, 0.25) is 0 Å². The molecule has 0 N–H and O–H groups in total. The summed E-state index contributed by atoms with van der Waals surface area (Å²) in [6, 6.07) is 4.11. The number of ether oxygens (including phenoxy) is 1. The maximum atomic E-state index is 12.1. The molecule has 1 aliphatic heterocycles. The van der Waals surface area contributed by atoms with E-state index in [1.807, 2.05) is 0 Å². The van der Waals surface area contributed by atoms with Gasteiger partial charge in [0.05, 0.1) is 10.5 Å². The Kier molecular flexibility index (Phi) is 5.73. The van der Waals surface area contributed by atoms with E-state index in [0.717, 1.165) is 19.3 Å². The van der Waals surface area contributed by atoms with Crippen molar-refractivity contribution in [3.8, 4) is 0 Å². The summed E-state index contributed by atoms with van der Waals surface area (Å²) in [5, 5.41) is 11.1. The lowest BCUT2D eigenvalue weighted by molar-refractivity contribution is -0.384. The van der Waals surface area contributed by atoms with Gasteiger partial charge in [-0.15, -0.1) is 0 Å². The topological polar surface area (TPSA) is 93.0 Å². The van der Waals surface area contributed by atoms with E-state index in [1.165, 1.54) is 18.2 Å². The molecule has 0 aliphatic carbocycles. The van der Waals surface area contributed by atoms with E-state index in [1.54, 1.807) is 23.9 Å². The van der Waals surface area contributed by atoms with Crippen LogP contribution in [0.5, 0.6) is 0 Å². The lowest BCUT2D eigenvalue weighted by Crippen LogP contribution is -2.38. The van der Waals surface area contributed by atoms with Crippen LogP contribution >= 0.6 is 0 Å². The van der Waals surface area contributed by atoms with Crippen molar-refractivity contribution in [2.24, 2.45) is 0 Å². The van der Waals surface area contributed by atoms with Gasteiger partial charge in [0.1, 0.15) is 5.69 Å². The maximum Gasteiger partial charge on any atom is 0.338 e. The van der Waals surface area contributed by atoms with Gasteiger partial charge in [0.25, 0.3) is 11.6 Å². The third kappa shape index (κ3) is 4.21. The predicted octanol–water partition coefficient (Wildman–Crippen LogP) is 1.83. The zero-order valence-electron chi connectivity index (χ0n) is 13.9. The van der Waals surface area contributed by atoms with Crippen LogP contribution in [0.1, 0.15) is 29.6 Å². The Morgan fingerprint density at radius 2 is 1.92 bits per heavy atom. The van der Waals surface area contributed by atoms with Gasteiger partial charge in [-0.2, -0.15) is 0 Å². The number of nitrogens with zero attached hydrogens (tertiary/aromatic N) is 3. The number of amides is 1. The largest absolute Gasteiger partial charge is 0.452 e. The molecule has 8 heteroatoms. The Labute approximate surface area is 140 Å². The third-order valence-electron chi connectivity index (χ3n) is 3.93. The molecule has 8 nitrogen and oxygen atoms in total. The van der Waals surface area contributed by atoms with Crippen LogP contribution in [0.4, 0.5) is 11.4 Å². The van der Waals surface area contributed by atoms with E-state index in [9.17, 15) is 19.7 Å². The SMILES string of the molecule is CN(C)c1ccc(C(=O)OCC(=O)N2CCCCC2)cc1[N+](=O)[O-]. The maximum absolute atomic E-state index is 12.1. The van der Waals surface area contributed by atoms with Crippen molar-refractivity contribution in [2.45, 2.75) is 19.3 Å². The minimum Gasteiger partial charge on any atom is -0.452 e. The molecule has 1 fully saturated rings. The quantitative estimate of drug-likeness (QED) is 0.463. The molecule has 0 bridgehead atoms. The van der Waals surface area contributed by atoms with Gasteiger partial charge >= 0.3 is 5.97 Å². The molecule has 1 heterocycles. The summed E-state index contributed by atoms with van der Waals surface area (Å²) < 4.78 is 5.01. The van der Waals surface area contributed by atoms with Crippen LogP contribution in [0, 0.1) is 10.1 Å².